The van der Waals surface area contributed by atoms with Crippen LogP contribution in [0.5, 0.6) is 0 Å². The molecule has 2 aromatic rings. The van der Waals surface area contributed by atoms with E-state index in [0.717, 1.165) is 23.5 Å². The standard InChI is InChI=1S/C13H19N5O/c1-4-11-8-12(16-15-11)14-13(19)5-6-18-10(3)7-9(2)17-18/h7-8H,4-6H2,1-3H3,(H2,14,15,16,19). The van der Waals surface area contributed by atoms with Gasteiger partial charge in [0.25, 0.3) is 0 Å². The van der Waals surface area contributed by atoms with E-state index in [1.165, 1.54) is 0 Å². The lowest BCUT2D eigenvalue weighted by Crippen LogP contribution is -2.15. The van der Waals surface area contributed by atoms with Crippen molar-refractivity contribution in [3.05, 3.63) is 29.2 Å². The van der Waals surface area contributed by atoms with Gasteiger partial charge in [0.1, 0.15) is 0 Å². The predicted molar refractivity (Wildman–Crippen MR) is 72.9 cm³/mol. The Hall–Kier alpha value is -2.11. The van der Waals surface area contributed by atoms with E-state index in [4.69, 9.17) is 0 Å². The third-order valence-corrected chi connectivity index (χ3v) is 2.93. The number of aryl methyl sites for hydroxylation is 4. The highest BCUT2D eigenvalue weighted by molar-refractivity contribution is 5.89. The number of anilines is 1. The van der Waals surface area contributed by atoms with E-state index in [9.17, 15) is 4.79 Å². The number of amides is 1. The van der Waals surface area contributed by atoms with Gasteiger partial charge in [-0.25, -0.2) is 0 Å². The number of aromatic amines is 1. The summed E-state index contributed by atoms with van der Waals surface area (Å²) in [5, 5.41) is 14.0. The average molecular weight is 261 g/mol. The number of rotatable bonds is 5. The molecule has 0 radical (unpaired) electrons. The van der Waals surface area contributed by atoms with Gasteiger partial charge in [-0.3, -0.25) is 14.6 Å². The van der Waals surface area contributed by atoms with Crippen molar-refractivity contribution < 1.29 is 4.79 Å². The summed E-state index contributed by atoms with van der Waals surface area (Å²) in [6.45, 7) is 6.54. The summed E-state index contributed by atoms with van der Waals surface area (Å²) in [5.41, 5.74) is 3.05. The van der Waals surface area contributed by atoms with Gasteiger partial charge in [0.05, 0.1) is 5.69 Å². The number of nitrogens with zero attached hydrogens (tertiary/aromatic N) is 3. The Morgan fingerprint density at radius 1 is 1.42 bits per heavy atom. The number of aromatic nitrogens is 4. The average Bonchev–Trinajstić information content (AvgIpc) is 2.93. The van der Waals surface area contributed by atoms with Crippen LogP contribution in [0.15, 0.2) is 12.1 Å². The molecule has 0 unspecified atom stereocenters. The fraction of sp³-hybridized carbons (Fsp3) is 0.462. The fourth-order valence-electron chi connectivity index (χ4n) is 1.92. The molecule has 0 atom stereocenters. The molecule has 102 valence electrons. The molecule has 0 aliphatic heterocycles. The zero-order valence-corrected chi connectivity index (χ0v) is 11.5. The smallest absolute Gasteiger partial charge is 0.227 e. The molecule has 2 N–H and O–H groups in total. The van der Waals surface area contributed by atoms with Crippen LogP contribution >= 0.6 is 0 Å². The van der Waals surface area contributed by atoms with Gasteiger partial charge in [-0.05, 0) is 26.3 Å². The molecular weight excluding hydrogens is 242 g/mol. The summed E-state index contributed by atoms with van der Waals surface area (Å²) in [4.78, 5) is 11.8. The topological polar surface area (TPSA) is 75.6 Å². The lowest BCUT2D eigenvalue weighted by atomic mass is 10.3. The van der Waals surface area contributed by atoms with Crippen molar-refractivity contribution in [2.75, 3.05) is 5.32 Å². The lowest BCUT2D eigenvalue weighted by molar-refractivity contribution is -0.116. The highest BCUT2D eigenvalue weighted by atomic mass is 16.1. The third kappa shape index (κ3) is 3.43. The molecule has 6 heteroatoms. The van der Waals surface area contributed by atoms with Gasteiger partial charge in [0.2, 0.25) is 5.91 Å². The summed E-state index contributed by atoms with van der Waals surface area (Å²) in [6, 6.07) is 3.85. The van der Waals surface area contributed by atoms with E-state index in [-0.39, 0.29) is 5.91 Å². The first-order valence-corrected chi connectivity index (χ1v) is 6.43. The van der Waals surface area contributed by atoms with Crippen molar-refractivity contribution in [1.29, 1.82) is 0 Å². The molecule has 0 spiro atoms. The quantitative estimate of drug-likeness (QED) is 0.862. The first-order valence-electron chi connectivity index (χ1n) is 6.43. The van der Waals surface area contributed by atoms with Crippen molar-refractivity contribution in [1.82, 2.24) is 20.0 Å². The zero-order chi connectivity index (χ0) is 13.8. The molecule has 0 aliphatic carbocycles. The van der Waals surface area contributed by atoms with Crippen LogP contribution in [0.4, 0.5) is 5.82 Å². The van der Waals surface area contributed by atoms with Crippen molar-refractivity contribution >= 4 is 11.7 Å². The summed E-state index contributed by atoms with van der Waals surface area (Å²) in [6.07, 6.45) is 1.25. The summed E-state index contributed by atoms with van der Waals surface area (Å²) >= 11 is 0. The van der Waals surface area contributed by atoms with E-state index in [2.05, 4.69) is 20.6 Å². The van der Waals surface area contributed by atoms with Gasteiger partial charge in [0, 0.05) is 30.4 Å². The first-order chi connectivity index (χ1) is 9.08. The van der Waals surface area contributed by atoms with Gasteiger partial charge >= 0.3 is 0 Å². The summed E-state index contributed by atoms with van der Waals surface area (Å²) in [5.74, 6) is 0.525. The van der Waals surface area contributed by atoms with Crippen molar-refractivity contribution in [2.24, 2.45) is 0 Å². The van der Waals surface area contributed by atoms with Crippen molar-refractivity contribution in [3.63, 3.8) is 0 Å². The fourth-order valence-corrected chi connectivity index (χ4v) is 1.92. The highest BCUT2D eigenvalue weighted by Gasteiger charge is 2.07. The molecule has 2 rings (SSSR count). The molecule has 6 nitrogen and oxygen atoms in total. The summed E-state index contributed by atoms with van der Waals surface area (Å²) in [7, 11) is 0. The number of H-pyrrole nitrogens is 1. The lowest BCUT2D eigenvalue weighted by Gasteiger charge is -2.04. The Morgan fingerprint density at radius 3 is 2.79 bits per heavy atom. The molecule has 1 amide bonds. The van der Waals surface area contributed by atoms with Crippen LogP contribution < -0.4 is 5.32 Å². The minimum Gasteiger partial charge on any atom is -0.309 e. The number of carbonyl (C=O) groups excluding carboxylic acids is 1. The molecule has 2 heterocycles. The minimum absolute atomic E-state index is 0.0540. The molecule has 0 aromatic carbocycles. The van der Waals surface area contributed by atoms with E-state index < -0.39 is 0 Å². The first kappa shape index (κ1) is 13.3. The van der Waals surface area contributed by atoms with Gasteiger partial charge < -0.3 is 5.32 Å². The predicted octanol–water partition coefficient (Wildman–Crippen LogP) is 1.81. The van der Waals surface area contributed by atoms with E-state index in [0.29, 0.717) is 18.8 Å². The molecule has 0 bridgehead atoms. The van der Waals surface area contributed by atoms with Gasteiger partial charge in [0.15, 0.2) is 5.82 Å². The van der Waals surface area contributed by atoms with Crippen LogP contribution in [-0.4, -0.2) is 25.9 Å². The molecular formula is C13H19N5O. The van der Waals surface area contributed by atoms with Crippen LogP contribution in [0.2, 0.25) is 0 Å². The Bertz CT molecular complexity index is 569. The number of nitrogens with one attached hydrogen (secondary N) is 2. The largest absolute Gasteiger partial charge is 0.309 e. The van der Waals surface area contributed by atoms with Crippen molar-refractivity contribution in [3.8, 4) is 0 Å². The molecule has 0 fully saturated rings. The Labute approximate surface area is 112 Å². The second-order valence-electron chi connectivity index (χ2n) is 4.58. The molecule has 19 heavy (non-hydrogen) atoms. The van der Waals surface area contributed by atoms with E-state index in [1.54, 1.807) is 0 Å². The van der Waals surface area contributed by atoms with E-state index >= 15 is 0 Å². The van der Waals surface area contributed by atoms with Crippen molar-refractivity contribution in [2.45, 2.75) is 40.2 Å². The van der Waals surface area contributed by atoms with Crippen LogP contribution in [0.3, 0.4) is 0 Å². The maximum atomic E-state index is 11.8. The maximum absolute atomic E-state index is 11.8. The minimum atomic E-state index is -0.0540. The Morgan fingerprint density at radius 2 is 2.21 bits per heavy atom. The van der Waals surface area contributed by atoms with Gasteiger partial charge in [-0.15, -0.1) is 0 Å². The third-order valence-electron chi connectivity index (χ3n) is 2.93. The zero-order valence-electron chi connectivity index (χ0n) is 11.5. The SMILES string of the molecule is CCc1cc(NC(=O)CCn2nc(C)cc2C)n[nH]1. The summed E-state index contributed by atoms with van der Waals surface area (Å²) < 4.78 is 1.84. The second kappa shape index (κ2) is 5.69. The van der Waals surface area contributed by atoms with Crippen LogP contribution in [0.25, 0.3) is 0 Å². The van der Waals surface area contributed by atoms with E-state index in [1.807, 2.05) is 37.6 Å². The molecule has 0 saturated heterocycles. The number of carbonyl (C=O) groups is 1. The Kier molecular flexibility index (Phi) is 3.99. The van der Waals surface area contributed by atoms with Gasteiger partial charge in [-0.2, -0.15) is 10.2 Å². The van der Waals surface area contributed by atoms with Crippen LogP contribution in [-0.2, 0) is 17.8 Å². The van der Waals surface area contributed by atoms with Crippen LogP contribution in [0.1, 0.15) is 30.4 Å². The normalized spacial score (nSPS) is 10.7. The Balaban J connectivity index is 1.86. The van der Waals surface area contributed by atoms with Gasteiger partial charge in [-0.1, -0.05) is 6.92 Å². The van der Waals surface area contributed by atoms with Crippen LogP contribution in [0, 0.1) is 13.8 Å². The highest BCUT2D eigenvalue weighted by Crippen LogP contribution is 2.07. The monoisotopic (exact) mass is 261 g/mol. The number of hydrogen-bond acceptors (Lipinski definition) is 3. The molecule has 2 aromatic heterocycles. The maximum Gasteiger partial charge on any atom is 0.227 e. The number of hydrogen-bond donors (Lipinski definition) is 2. The second-order valence-corrected chi connectivity index (χ2v) is 4.58. The molecule has 0 aliphatic rings. The molecule has 0 saturated carbocycles.